The van der Waals surface area contributed by atoms with Crippen LogP contribution >= 0.6 is 0 Å². The third-order valence-electron chi connectivity index (χ3n) is 8.02. The van der Waals surface area contributed by atoms with Gasteiger partial charge in [-0.3, -0.25) is 4.98 Å². The number of nitrogens with zero attached hydrogens (tertiary/aromatic N) is 5. The molecule has 200 valence electrons. The van der Waals surface area contributed by atoms with Crippen LogP contribution in [0.4, 0.5) is 5.82 Å². The molecule has 2 aliphatic rings. The molecule has 0 amide bonds. The number of H-pyrrole nitrogens is 1. The number of pyridine rings is 1. The second kappa shape index (κ2) is 11.4. The Kier molecular flexibility index (Phi) is 8.07. The van der Waals surface area contributed by atoms with Crippen LogP contribution in [0.25, 0.3) is 11.0 Å². The van der Waals surface area contributed by atoms with Crippen LogP contribution in [0.2, 0.25) is 0 Å². The van der Waals surface area contributed by atoms with E-state index in [1.807, 2.05) is 24.5 Å². The molecular weight excluding hydrogens is 488 g/mol. The van der Waals surface area contributed by atoms with Crippen LogP contribution in [-0.2, 0) is 27.8 Å². The van der Waals surface area contributed by atoms with Crippen molar-refractivity contribution in [2.75, 3.05) is 37.4 Å². The van der Waals surface area contributed by atoms with Gasteiger partial charge in [0.2, 0.25) is 10.0 Å². The molecular formula is C27H38N6O3S. The zero-order valence-corrected chi connectivity index (χ0v) is 22.7. The van der Waals surface area contributed by atoms with E-state index in [-0.39, 0.29) is 17.6 Å². The Morgan fingerprint density at radius 1 is 1.08 bits per heavy atom. The van der Waals surface area contributed by atoms with Crippen LogP contribution in [0.3, 0.4) is 0 Å². The molecule has 1 unspecified atom stereocenters. The van der Waals surface area contributed by atoms with Gasteiger partial charge in [0.05, 0.1) is 30.0 Å². The van der Waals surface area contributed by atoms with E-state index in [9.17, 15) is 8.42 Å². The van der Waals surface area contributed by atoms with Crippen LogP contribution < -0.4 is 4.90 Å². The quantitative estimate of drug-likeness (QED) is 0.429. The molecule has 4 heterocycles. The number of aromatic amines is 1. The van der Waals surface area contributed by atoms with Gasteiger partial charge in [-0.1, -0.05) is 13.0 Å². The average Bonchev–Trinajstić information content (AvgIpc) is 3.59. The van der Waals surface area contributed by atoms with Gasteiger partial charge in [0, 0.05) is 38.6 Å². The molecule has 1 saturated carbocycles. The maximum absolute atomic E-state index is 13.2. The lowest BCUT2D eigenvalue weighted by molar-refractivity contribution is 0.0888. The summed E-state index contributed by atoms with van der Waals surface area (Å²) in [6, 6.07) is 6.45. The van der Waals surface area contributed by atoms with E-state index in [0.29, 0.717) is 32.3 Å². The Hall–Kier alpha value is -2.56. The summed E-state index contributed by atoms with van der Waals surface area (Å²) in [5.41, 5.74) is 2.97. The van der Waals surface area contributed by atoms with Crippen molar-refractivity contribution < 1.29 is 13.2 Å². The molecule has 0 spiro atoms. The Bertz CT molecular complexity index is 1270. The molecule has 9 nitrogen and oxygen atoms in total. The van der Waals surface area contributed by atoms with E-state index in [0.717, 1.165) is 61.1 Å². The Morgan fingerprint density at radius 2 is 1.92 bits per heavy atom. The second-order valence-corrected chi connectivity index (χ2v) is 12.6. The number of nitrogens with one attached hydrogen (secondary N) is 1. The molecule has 0 radical (unpaired) electrons. The summed E-state index contributed by atoms with van der Waals surface area (Å²) < 4.78 is 34.0. The van der Waals surface area contributed by atoms with Crippen molar-refractivity contribution >= 4 is 26.9 Å². The molecule has 1 N–H and O–H groups in total. The fourth-order valence-electron chi connectivity index (χ4n) is 5.68. The summed E-state index contributed by atoms with van der Waals surface area (Å²) >= 11 is 0. The summed E-state index contributed by atoms with van der Waals surface area (Å²) in [6.45, 7) is 4.30. The van der Waals surface area contributed by atoms with Crippen LogP contribution in [-0.4, -0.2) is 71.2 Å². The average molecular weight is 527 g/mol. The standard InChI is InChI=1S/C27H38N6O3S/c1-3-20-4-7-23(29-14-20)17-36-16-22-11-13-33(15-22)37(34,35)18-21-5-8-24(9-6-21)32(2)27-25-10-12-28-26(25)30-19-31-27/h4,7,10,12,14,19,21-22,24H,3,5-6,8-9,11,13,15-18H2,1-2H3,(H,28,30,31)/t21-,22?,24-. The van der Waals surface area contributed by atoms with E-state index in [1.54, 1.807) is 10.6 Å². The van der Waals surface area contributed by atoms with Crippen LogP contribution in [0, 0.1) is 11.8 Å². The lowest BCUT2D eigenvalue weighted by atomic mass is 9.86. The lowest BCUT2D eigenvalue weighted by Crippen LogP contribution is -2.39. The highest BCUT2D eigenvalue weighted by Crippen LogP contribution is 2.33. The molecule has 5 rings (SSSR count). The number of hydrogen-bond acceptors (Lipinski definition) is 7. The fourth-order valence-corrected chi connectivity index (χ4v) is 7.64. The number of rotatable bonds is 10. The number of fused-ring (bicyclic) bond motifs is 1. The second-order valence-electron chi connectivity index (χ2n) is 10.5. The first-order valence-corrected chi connectivity index (χ1v) is 15.0. The minimum Gasteiger partial charge on any atom is -0.375 e. The van der Waals surface area contributed by atoms with Gasteiger partial charge in [-0.2, -0.15) is 0 Å². The third-order valence-corrected chi connectivity index (χ3v) is 10.0. The van der Waals surface area contributed by atoms with Crippen molar-refractivity contribution in [1.29, 1.82) is 0 Å². The van der Waals surface area contributed by atoms with E-state index in [2.05, 4.69) is 44.9 Å². The molecule has 37 heavy (non-hydrogen) atoms. The highest BCUT2D eigenvalue weighted by atomic mass is 32.2. The molecule has 1 aliphatic carbocycles. The molecule has 1 aliphatic heterocycles. The van der Waals surface area contributed by atoms with Crippen molar-refractivity contribution in [3.05, 3.63) is 48.2 Å². The Labute approximate surface area is 219 Å². The Balaban J connectivity index is 1.07. The van der Waals surface area contributed by atoms with Gasteiger partial charge in [0.25, 0.3) is 0 Å². The highest BCUT2D eigenvalue weighted by molar-refractivity contribution is 7.89. The van der Waals surface area contributed by atoms with Crippen molar-refractivity contribution in [1.82, 2.24) is 24.2 Å². The molecule has 1 saturated heterocycles. The predicted molar refractivity (Wildman–Crippen MR) is 145 cm³/mol. The minimum absolute atomic E-state index is 0.208. The summed E-state index contributed by atoms with van der Waals surface area (Å²) in [5, 5.41) is 1.02. The molecule has 10 heteroatoms. The minimum atomic E-state index is -3.26. The van der Waals surface area contributed by atoms with Crippen molar-refractivity contribution in [2.24, 2.45) is 11.8 Å². The van der Waals surface area contributed by atoms with Gasteiger partial charge >= 0.3 is 0 Å². The van der Waals surface area contributed by atoms with Gasteiger partial charge in [0.15, 0.2) is 0 Å². The van der Waals surface area contributed by atoms with Gasteiger partial charge in [-0.25, -0.2) is 22.7 Å². The number of hydrogen-bond donors (Lipinski definition) is 1. The smallest absolute Gasteiger partial charge is 0.214 e. The van der Waals surface area contributed by atoms with Crippen molar-refractivity contribution in [3.8, 4) is 0 Å². The van der Waals surface area contributed by atoms with E-state index in [4.69, 9.17) is 4.74 Å². The lowest BCUT2D eigenvalue weighted by Gasteiger charge is -2.35. The number of ether oxygens (including phenoxy) is 1. The first kappa shape index (κ1) is 26.1. The maximum Gasteiger partial charge on any atom is 0.214 e. The molecule has 0 bridgehead atoms. The van der Waals surface area contributed by atoms with Gasteiger partial charge in [-0.05, 0) is 68.1 Å². The molecule has 3 aromatic heterocycles. The predicted octanol–water partition coefficient (Wildman–Crippen LogP) is 3.78. The van der Waals surface area contributed by atoms with Gasteiger partial charge < -0.3 is 14.6 Å². The third kappa shape index (κ3) is 6.13. The summed E-state index contributed by atoms with van der Waals surface area (Å²) in [7, 11) is -1.18. The topological polar surface area (TPSA) is 104 Å². The van der Waals surface area contributed by atoms with Crippen molar-refractivity contribution in [2.45, 2.75) is 58.1 Å². The SMILES string of the molecule is CCc1ccc(COCC2CCN(S(=O)(=O)C[C@H]3CC[C@H](N(C)c4ncnc5[nH]ccc45)CC3)C2)nc1. The largest absolute Gasteiger partial charge is 0.375 e. The summed E-state index contributed by atoms with van der Waals surface area (Å²) in [4.78, 5) is 18.6. The molecule has 3 aromatic rings. The summed E-state index contributed by atoms with van der Waals surface area (Å²) in [6.07, 6.45) is 11.0. The summed E-state index contributed by atoms with van der Waals surface area (Å²) in [5.74, 6) is 1.63. The van der Waals surface area contributed by atoms with Crippen LogP contribution in [0.15, 0.2) is 36.9 Å². The number of sulfonamides is 1. The first-order valence-electron chi connectivity index (χ1n) is 13.4. The monoisotopic (exact) mass is 526 g/mol. The fraction of sp³-hybridized carbons (Fsp3) is 0.593. The normalized spacial score (nSPS) is 23.0. The van der Waals surface area contributed by atoms with Gasteiger partial charge in [-0.15, -0.1) is 0 Å². The zero-order chi connectivity index (χ0) is 25.8. The highest BCUT2D eigenvalue weighted by Gasteiger charge is 2.35. The van der Waals surface area contributed by atoms with E-state index in [1.165, 1.54) is 5.56 Å². The number of anilines is 1. The van der Waals surface area contributed by atoms with E-state index >= 15 is 0 Å². The zero-order valence-electron chi connectivity index (χ0n) is 21.8. The maximum atomic E-state index is 13.2. The van der Waals surface area contributed by atoms with E-state index < -0.39 is 10.0 Å². The number of aromatic nitrogens is 4. The molecule has 0 aromatic carbocycles. The van der Waals surface area contributed by atoms with Gasteiger partial charge in [0.1, 0.15) is 17.8 Å². The van der Waals surface area contributed by atoms with Crippen molar-refractivity contribution in [3.63, 3.8) is 0 Å². The van der Waals surface area contributed by atoms with Crippen LogP contribution in [0.5, 0.6) is 0 Å². The molecule has 1 atom stereocenters. The van der Waals surface area contributed by atoms with Crippen LogP contribution in [0.1, 0.15) is 50.3 Å². The Morgan fingerprint density at radius 3 is 2.68 bits per heavy atom. The molecule has 2 fully saturated rings. The first-order chi connectivity index (χ1) is 17.9. The number of aryl methyl sites for hydroxylation is 1.